The Balaban J connectivity index is 1.39. The zero-order chi connectivity index (χ0) is 17.9. The van der Waals surface area contributed by atoms with Gasteiger partial charge in [0.05, 0.1) is 4.88 Å². The summed E-state index contributed by atoms with van der Waals surface area (Å²) in [6.45, 7) is 2.11. The third-order valence-corrected chi connectivity index (χ3v) is 5.48. The monoisotopic (exact) mass is 372 g/mol. The fraction of sp³-hybridized carbons (Fsp3) is 0.368. The second kappa shape index (κ2) is 7.37. The highest BCUT2D eigenvalue weighted by atomic mass is 32.1. The van der Waals surface area contributed by atoms with Crippen molar-refractivity contribution in [3.63, 3.8) is 0 Å². The molecule has 1 saturated heterocycles. The number of carbonyl (C=O) groups is 2. The SMILES string of the molecule is O=C(NCc1ccc2c(c1)OCCO2)C1CCCN1C(=O)c1cccs1. The number of ether oxygens (including phenoxy) is 2. The van der Waals surface area contributed by atoms with Gasteiger partial charge in [-0.05, 0) is 42.0 Å². The molecular formula is C19H20N2O4S. The first-order chi connectivity index (χ1) is 12.7. The molecule has 0 spiro atoms. The predicted octanol–water partition coefficient (Wildman–Crippen LogP) is 2.44. The third-order valence-electron chi connectivity index (χ3n) is 4.62. The van der Waals surface area contributed by atoms with Gasteiger partial charge in [0.2, 0.25) is 5.91 Å². The van der Waals surface area contributed by atoms with Crippen LogP contribution in [0.2, 0.25) is 0 Å². The molecule has 2 aliphatic rings. The average Bonchev–Trinajstić information content (AvgIpc) is 3.37. The molecule has 1 fully saturated rings. The molecule has 0 saturated carbocycles. The maximum Gasteiger partial charge on any atom is 0.264 e. The first-order valence-corrected chi connectivity index (χ1v) is 9.61. The van der Waals surface area contributed by atoms with Crippen molar-refractivity contribution < 1.29 is 19.1 Å². The van der Waals surface area contributed by atoms with Crippen LogP contribution in [0.15, 0.2) is 35.7 Å². The number of thiophene rings is 1. The topological polar surface area (TPSA) is 67.9 Å². The van der Waals surface area contributed by atoms with E-state index in [1.807, 2.05) is 29.6 Å². The Labute approximate surface area is 155 Å². The number of hydrogen-bond donors (Lipinski definition) is 1. The van der Waals surface area contributed by atoms with Crippen LogP contribution in [0.5, 0.6) is 11.5 Å². The van der Waals surface area contributed by atoms with Crippen LogP contribution < -0.4 is 14.8 Å². The molecule has 1 N–H and O–H groups in total. The molecule has 4 rings (SSSR count). The molecule has 136 valence electrons. The Kier molecular flexibility index (Phi) is 4.79. The summed E-state index contributed by atoms with van der Waals surface area (Å²) < 4.78 is 11.1. The Morgan fingerprint density at radius 1 is 1.19 bits per heavy atom. The van der Waals surface area contributed by atoms with E-state index in [0.29, 0.717) is 43.4 Å². The second-order valence-electron chi connectivity index (χ2n) is 6.33. The van der Waals surface area contributed by atoms with Gasteiger partial charge in [-0.3, -0.25) is 9.59 Å². The molecule has 0 aliphatic carbocycles. The Hall–Kier alpha value is -2.54. The van der Waals surface area contributed by atoms with Crippen LogP contribution >= 0.6 is 11.3 Å². The molecule has 3 heterocycles. The van der Waals surface area contributed by atoms with Gasteiger partial charge in [-0.15, -0.1) is 11.3 Å². The van der Waals surface area contributed by atoms with Gasteiger partial charge in [0.1, 0.15) is 19.3 Å². The molecule has 2 aromatic rings. The molecule has 6 nitrogen and oxygen atoms in total. The Morgan fingerprint density at radius 3 is 2.85 bits per heavy atom. The highest BCUT2D eigenvalue weighted by molar-refractivity contribution is 7.12. The van der Waals surface area contributed by atoms with Crippen LogP contribution in [0.1, 0.15) is 28.1 Å². The van der Waals surface area contributed by atoms with Crippen LogP contribution in [-0.2, 0) is 11.3 Å². The summed E-state index contributed by atoms with van der Waals surface area (Å²) in [7, 11) is 0. The molecular weight excluding hydrogens is 352 g/mol. The number of amides is 2. The summed E-state index contributed by atoms with van der Waals surface area (Å²) in [4.78, 5) is 27.6. The lowest BCUT2D eigenvalue weighted by Crippen LogP contribution is -2.45. The van der Waals surface area contributed by atoms with Crippen molar-refractivity contribution >= 4 is 23.2 Å². The quantitative estimate of drug-likeness (QED) is 0.895. The molecule has 2 aliphatic heterocycles. The Morgan fingerprint density at radius 2 is 2.04 bits per heavy atom. The van der Waals surface area contributed by atoms with E-state index in [-0.39, 0.29) is 11.8 Å². The van der Waals surface area contributed by atoms with Gasteiger partial charge >= 0.3 is 0 Å². The number of benzene rings is 1. The fourth-order valence-corrected chi connectivity index (χ4v) is 4.01. The first-order valence-electron chi connectivity index (χ1n) is 8.73. The second-order valence-corrected chi connectivity index (χ2v) is 7.28. The summed E-state index contributed by atoms with van der Waals surface area (Å²) in [5, 5.41) is 4.83. The summed E-state index contributed by atoms with van der Waals surface area (Å²) in [5.74, 6) is 1.27. The van der Waals surface area contributed by atoms with Crippen molar-refractivity contribution in [1.29, 1.82) is 0 Å². The molecule has 1 aromatic heterocycles. The predicted molar refractivity (Wildman–Crippen MR) is 97.7 cm³/mol. The van der Waals surface area contributed by atoms with Crippen molar-refractivity contribution in [1.82, 2.24) is 10.2 Å². The lowest BCUT2D eigenvalue weighted by molar-refractivity contribution is -0.125. The average molecular weight is 372 g/mol. The maximum absolute atomic E-state index is 12.6. The lowest BCUT2D eigenvalue weighted by Gasteiger charge is -2.23. The highest BCUT2D eigenvalue weighted by Gasteiger charge is 2.34. The van der Waals surface area contributed by atoms with Crippen molar-refractivity contribution in [2.24, 2.45) is 0 Å². The zero-order valence-corrected chi connectivity index (χ0v) is 15.1. The molecule has 1 aromatic carbocycles. The Bertz CT molecular complexity index is 806. The number of fused-ring (bicyclic) bond motifs is 1. The van der Waals surface area contributed by atoms with E-state index in [1.54, 1.807) is 11.0 Å². The van der Waals surface area contributed by atoms with Crippen molar-refractivity contribution in [3.8, 4) is 11.5 Å². The van der Waals surface area contributed by atoms with E-state index in [2.05, 4.69) is 5.32 Å². The largest absolute Gasteiger partial charge is 0.486 e. The molecule has 2 amide bonds. The smallest absolute Gasteiger partial charge is 0.264 e. The van der Waals surface area contributed by atoms with Crippen LogP contribution in [0.25, 0.3) is 0 Å². The highest BCUT2D eigenvalue weighted by Crippen LogP contribution is 2.30. The number of likely N-dealkylation sites (tertiary alicyclic amines) is 1. The third kappa shape index (κ3) is 3.39. The number of nitrogens with zero attached hydrogens (tertiary/aromatic N) is 1. The minimum absolute atomic E-state index is 0.0584. The minimum Gasteiger partial charge on any atom is -0.486 e. The van der Waals surface area contributed by atoms with Crippen LogP contribution in [0.3, 0.4) is 0 Å². The lowest BCUT2D eigenvalue weighted by atomic mass is 10.1. The van der Waals surface area contributed by atoms with Crippen LogP contribution in [0, 0.1) is 0 Å². The number of carbonyl (C=O) groups excluding carboxylic acids is 2. The van der Waals surface area contributed by atoms with E-state index in [4.69, 9.17) is 9.47 Å². The molecule has 26 heavy (non-hydrogen) atoms. The minimum atomic E-state index is -0.401. The number of hydrogen-bond acceptors (Lipinski definition) is 5. The fourth-order valence-electron chi connectivity index (χ4n) is 3.33. The van der Waals surface area contributed by atoms with Crippen LogP contribution in [0.4, 0.5) is 0 Å². The number of rotatable bonds is 4. The standard InChI is InChI=1S/C19H20N2O4S/c22-18(14-3-1-7-21(14)19(23)17-4-2-10-26-17)20-12-13-5-6-15-16(11-13)25-9-8-24-15/h2,4-6,10-11,14H,1,3,7-9,12H2,(H,20,22). The van der Waals surface area contributed by atoms with Gasteiger partial charge in [0.25, 0.3) is 5.91 Å². The number of nitrogens with one attached hydrogen (secondary N) is 1. The molecule has 0 radical (unpaired) electrons. The van der Waals surface area contributed by atoms with E-state index in [9.17, 15) is 9.59 Å². The maximum atomic E-state index is 12.6. The van der Waals surface area contributed by atoms with E-state index < -0.39 is 6.04 Å². The normalized spacial score (nSPS) is 18.6. The van der Waals surface area contributed by atoms with Gasteiger partial charge in [0.15, 0.2) is 11.5 Å². The molecule has 1 atom stereocenters. The molecule has 0 bridgehead atoms. The van der Waals surface area contributed by atoms with Gasteiger partial charge in [-0.1, -0.05) is 12.1 Å². The summed E-state index contributed by atoms with van der Waals surface area (Å²) in [6, 6.07) is 8.91. The summed E-state index contributed by atoms with van der Waals surface area (Å²) >= 11 is 1.41. The zero-order valence-electron chi connectivity index (χ0n) is 14.3. The first kappa shape index (κ1) is 16.9. The van der Waals surface area contributed by atoms with E-state index >= 15 is 0 Å². The van der Waals surface area contributed by atoms with E-state index in [0.717, 1.165) is 17.7 Å². The summed E-state index contributed by atoms with van der Waals surface area (Å²) in [5.41, 5.74) is 0.941. The van der Waals surface area contributed by atoms with E-state index in [1.165, 1.54) is 11.3 Å². The van der Waals surface area contributed by atoms with Crippen molar-refractivity contribution in [2.75, 3.05) is 19.8 Å². The molecule has 1 unspecified atom stereocenters. The van der Waals surface area contributed by atoms with Gasteiger partial charge in [0, 0.05) is 13.1 Å². The molecule has 7 heteroatoms. The van der Waals surface area contributed by atoms with Crippen LogP contribution in [-0.4, -0.2) is 42.5 Å². The van der Waals surface area contributed by atoms with Crippen molar-refractivity contribution in [2.45, 2.75) is 25.4 Å². The van der Waals surface area contributed by atoms with Gasteiger partial charge in [-0.2, -0.15) is 0 Å². The van der Waals surface area contributed by atoms with Gasteiger partial charge in [-0.25, -0.2) is 0 Å². The summed E-state index contributed by atoms with van der Waals surface area (Å²) in [6.07, 6.45) is 1.54. The van der Waals surface area contributed by atoms with Crippen molar-refractivity contribution in [3.05, 3.63) is 46.2 Å². The van der Waals surface area contributed by atoms with Gasteiger partial charge < -0.3 is 19.7 Å².